The molecule has 2 N–H and O–H groups in total. The van der Waals surface area contributed by atoms with Gasteiger partial charge in [0.15, 0.2) is 21.5 Å². The van der Waals surface area contributed by atoms with Crippen molar-refractivity contribution in [2.24, 2.45) is 0 Å². The first kappa shape index (κ1) is 23.3. The van der Waals surface area contributed by atoms with Gasteiger partial charge in [-0.05, 0) is 55.3 Å². The summed E-state index contributed by atoms with van der Waals surface area (Å²) in [6, 6.07) is 3.81. The molecule has 2 amide bonds. The predicted octanol–water partition coefficient (Wildman–Crippen LogP) is 3.06. The van der Waals surface area contributed by atoms with E-state index in [1.807, 2.05) is 0 Å². The summed E-state index contributed by atoms with van der Waals surface area (Å²) in [5, 5.41) is 4.69. The van der Waals surface area contributed by atoms with E-state index in [2.05, 4.69) is 10.6 Å². The molecule has 7 nitrogen and oxygen atoms in total. The number of nitrogens with one attached hydrogen (secondary N) is 2. The fourth-order valence-corrected chi connectivity index (χ4v) is 4.61. The minimum atomic E-state index is -4.13. The first-order chi connectivity index (χ1) is 15.0. The number of hydrogen-bond acceptors (Lipinski definition) is 5. The first-order valence-corrected chi connectivity index (χ1v) is 11.1. The van der Waals surface area contributed by atoms with Crippen LogP contribution in [0.2, 0.25) is 0 Å². The standard InChI is InChI=1S/C21H19F3N2O5S/c1-3-31-20(27)18-17(10-32(29,30)13-5-7-14(22)11(2)8-13)25-21(28)26-19(18)12-4-6-15(23)16(24)9-12/h4-9,19H,3,10H2,1-2H3,(H2,25,26,28)/t19-/m0/s1. The van der Waals surface area contributed by atoms with E-state index < -0.39 is 51.1 Å². The number of urea groups is 1. The number of hydrogen-bond donors (Lipinski definition) is 2. The maximum atomic E-state index is 13.8. The molecule has 0 aliphatic carbocycles. The van der Waals surface area contributed by atoms with Crippen LogP contribution in [0.15, 0.2) is 52.6 Å². The summed E-state index contributed by atoms with van der Waals surface area (Å²) in [6.07, 6.45) is 0. The molecule has 1 aliphatic heterocycles. The van der Waals surface area contributed by atoms with Gasteiger partial charge in [-0.2, -0.15) is 0 Å². The average Bonchev–Trinajstić information content (AvgIpc) is 2.71. The van der Waals surface area contributed by atoms with Gasteiger partial charge < -0.3 is 15.4 Å². The third-order valence-electron chi connectivity index (χ3n) is 4.75. The zero-order chi connectivity index (χ0) is 23.6. The van der Waals surface area contributed by atoms with E-state index in [0.29, 0.717) is 0 Å². The van der Waals surface area contributed by atoms with Crippen molar-refractivity contribution in [2.75, 3.05) is 12.4 Å². The summed E-state index contributed by atoms with van der Waals surface area (Å²) < 4.78 is 71.7. The number of aryl methyl sites for hydroxylation is 1. The SMILES string of the molecule is CCOC(=O)C1=C(CS(=O)(=O)c2ccc(F)c(C)c2)NC(=O)N[C@H]1c1ccc(F)c(F)c1. The zero-order valence-corrected chi connectivity index (χ0v) is 17.9. The lowest BCUT2D eigenvalue weighted by atomic mass is 9.95. The van der Waals surface area contributed by atoms with E-state index in [4.69, 9.17) is 4.74 Å². The lowest BCUT2D eigenvalue weighted by Gasteiger charge is -2.29. The van der Waals surface area contributed by atoms with Crippen molar-refractivity contribution >= 4 is 21.8 Å². The van der Waals surface area contributed by atoms with Gasteiger partial charge in [0.05, 0.1) is 28.9 Å². The highest BCUT2D eigenvalue weighted by Crippen LogP contribution is 2.30. The Morgan fingerprint density at radius 3 is 2.38 bits per heavy atom. The summed E-state index contributed by atoms with van der Waals surface area (Å²) >= 11 is 0. The molecule has 1 aliphatic rings. The Bertz CT molecular complexity index is 1230. The number of sulfone groups is 1. The monoisotopic (exact) mass is 468 g/mol. The molecule has 1 heterocycles. The number of ether oxygens (including phenoxy) is 1. The smallest absolute Gasteiger partial charge is 0.338 e. The van der Waals surface area contributed by atoms with Crippen LogP contribution in [0.25, 0.3) is 0 Å². The number of amides is 2. The van der Waals surface area contributed by atoms with E-state index in [1.165, 1.54) is 13.8 Å². The number of halogens is 3. The second-order valence-corrected chi connectivity index (χ2v) is 8.98. The van der Waals surface area contributed by atoms with Crippen molar-refractivity contribution in [2.45, 2.75) is 24.8 Å². The molecule has 3 rings (SSSR count). The molecular weight excluding hydrogens is 449 g/mol. The largest absolute Gasteiger partial charge is 0.463 e. The summed E-state index contributed by atoms with van der Waals surface area (Å²) in [5.74, 6) is -4.71. The van der Waals surface area contributed by atoms with E-state index in [1.54, 1.807) is 0 Å². The highest BCUT2D eigenvalue weighted by Gasteiger charge is 2.36. The molecule has 0 saturated carbocycles. The summed E-state index contributed by atoms with van der Waals surface area (Å²) in [7, 11) is -4.13. The Hall–Kier alpha value is -3.34. The van der Waals surface area contributed by atoms with Crippen LogP contribution in [0, 0.1) is 24.4 Å². The van der Waals surface area contributed by atoms with Crippen LogP contribution in [0.1, 0.15) is 24.1 Å². The van der Waals surface area contributed by atoms with Crippen molar-refractivity contribution in [3.63, 3.8) is 0 Å². The Morgan fingerprint density at radius 1 is 1.06 bits per heavy atom. The van der Waals surface area contributed by atoms with Gasteiger partial charge in [0.2, 0.25) is 0 Å². The van der Waals surface area contributed by atoms with Gasteiger partial charge in [0.1, 0.15) is 5.82 Å². The van der Waals surface area contributed by atoms with Crippen molar-refractivity contribution in [3.8, 4) is 0 Å². The Balaban J connectivity index is 2.12. The van der Waals surface area contributed by atoms with Gasteiger partial charge in [-0.1, -0.05) is 6.07 Å². The van der Waals surface area contributed by atoms with E-state index in [9.17, 15) is 31.2 Å². The first-order valence-electron chi connectivity index (χ1n) is 9.45. The van der Waals surface area contributed by atoms with Gasteiger partial charge in [-0.3, -0.25) is 0 Å². The Morgan fingerprint density at radius 2 is 1.75 bits per heavy atom. The van der Waals surface area contributed by atoms with E-state index in [-0.39, 0.29) is 33.9 Å². The highest BCUT2D eigenvalue weighted by atomic mass is 32.2. The molecule has 2 aromatic rings. The molecule has 170 valence electrons. The molecule has 2 aromatic carbocycles. The molecule has 11 heteroatoms. The molecule has 0 spiro atoms. The zero-order valence-electron chi connectivity index (χ0n) is 17.0. The lowest BCUT2D eigenvalue weighted by Crippen LogP contribution is -2.47. The van der Waals surface area contributed by atoms with Crippen molar-refractivity contribution in [1.82, 2.24) is 10.6 Å². The second-order valence-electron chi connectivity index (χ2n) is 6.99. The maximum absolute atomic E-state index is 13.8. The van der Waals surface area contributed by atoms with Crippen LogP contribution in [0.3, 0.4) is 0 Å². The van der Waals surface area contributed by atoms with Crippen LogP contribution in [-0.4, -0.2) is 32.8 Å². The maximum Gasteiger partial charge on any atom is 0.338 e. The fraction of sp³-hybridized carbons (Fsp3) is 0.238. The molecule has 0 saturated heterocycles. The molecule has 0 unspecified atom stereocenters. The van der Waals surface area contributed by atoms with Crippen LogP contribution in [0.5, 0.6) is 0 Å². The molecule has 0 bridgehead atoms. The minimum Gasteiger partial charge on any atom is -0.463 e. The van der Waals surface area contributed by atoms with Crippen LogP contribution in [-0.2, 0) is 19.4 Å². The van der Waals surface area contributed by atoms with Crippen molar-refractivity contribution in [1.29, 1.82) is 0 Å². The van der Waals surface area contributed by atoms with Crippen LogP contribution < -0.4 is 10.6 Å². The van der Waals surface area contributed by atoms with Crippen molar-refractivity contribution in [3.05, 3.63) is 76.2 Å². The molecular formula is C21H19F3N2O5S. The van der Waals surface area contributed by atoms with Gasteiger partial charge in [0, 0.05) is 5.70 Å². The van der Waals surface area contributed by atoms with Gasteiger partial charge in [-0.15, -0.1) is 0 Å². The molecule has 0 fully saturated rings. The summed E-state index contributed by atoms with van der Waals surface area (Å²) in [4.78, 5) is 24.7. The highest BCUT2D eigenvalue weighted by molar-refractivity contribution is 7.91. The normalized spacial score (nSPS) is 16.4. The van der Waals surface area contributed by atoms with Crippen LogP contribution >= 0.6 is 0 Å². The molecule has 0 aromatic heterocycles. The number of esters is 1. The molecule has 0 radical (unpaired) electrons. The van der Waals surface area contributed by atoms with E-state index >= 15 is 0 Å². The second kappa shape index (κ2) is 9.03. The van der Waals surface area contributed by atoms with Gasteiger partial charge in [0.25, 0.3) is 0 Å². The van der Waals surface area contributed by atoms with Gasteiger partial charge >= 0.3 is 12.0 Å². The predicted molar refractivity (Wildman–Crippen MR) is 108 cm³/mol. The third-order valence-corrected chi connectivity index (χ3v) is 6.39. The molecule has 32 heavy (non-hydrogen) atoms. The number of carbonyl (C=O) groups excluding carboxylic acids is 2. The van der Waals surface area contributed by atoms with Crippen LogP contribution in [0.4, 0.5) is 18.0 Å². The summed E-state index contributed by atoms with van der Waals surface area (Å²) in [6.45, 7) is 2.86. The quantitative estimate of drug-likeness (QED) is 0.501. The van der Waals surface area contributed by atoms with Crippen molar-refractivity contribution < 1.29 is 35.9 Å². The fourth-order valence-electron chi connectivity index (χ4n) is 3.21. The molecule has 1 atom stereocenters. The van der Waals surface area contributed by atoms with E-state index in [0.717, 1.165) is 36.4 Å². The number of benzene rings is 2. The lowest BCUT2D eigenvalue weighted by molar-refractivity contribution is -0.139. The Labute approximate surface area is 182 Å². The summed E-state index contributed by atoms with van der Waals surface area (Å²) in [5.41, 5.74) is -0.460. The van der Waals surface area contributed by atoms with Gasteiger partial charge in [-0.25, -0.2) is 31.2 Å². The average molecular weight is 468 g/mol. The Kier molecular flexibility index (Phi) is 6.58. The number of rotatable bonds is 6. The topological polar surface area (TPSA) is 102 Å². The third kappa shape index (κ3) is 4.77. The number of carbonyl (C=O) groups is 2. The minimum absolute atomic E-state index is 0.00864.